The van der Waals surface area contributed by atoms with Crippen LogP contribution in [0.15, 0.2) is 22.3 Å². The van der Waals surface area contributed by atoms with Crippen LogP contribution in [0.1, 0.15) is 33.1 Å². The van der Waals surface area contributed by atoms with Crippen molar-refractivity contribution < 1.29 is 4.79 Å². The van der Waals surface area contributed by atoms with E-state index in [-0.39, 0.29) is 0 Å². The van der Waals surface area contributed by atoms with Gasteiger partial charge in [0.25, 0.3) is 0 Å². The lowest BCUT2D eigenvalue weighted by atomic mass is 9.73. The summed E-state index contributed by atoms with van der Waals surface area (Å²) >= 11 is 0. The molecule has 2 aliphatic rings. The van der Waals surface area contributed by atoms with Crippen molar-refractivity contribution >= 4 is 5.78 Å². The second-order valence-corrected chi connectivity index (χ2v) is 3.38. The molecule has 0 aromatic carbocycles. The summed E-state index contributed by atoms with van der Waals surface area (Å²) in [6.45, 7) is 4.17. The molecule has 0 radical (unpaired) electrons. The lowest BCUT2D eigenvalue weighted by molar-refractivity contribution is -0.116. The van der Waals surface area contributed by atoms with Crippen molar-refractivity contribution in [3.63, 3.8) is 0 Å². The first-order valence-corrected chi connectivity index (χ1v) is 4.16. The Morgan fingerprint density at radius 2 is 1.82 bits per heavy atom. The van der Waals surface area contributed by atoms with Crippen LogP contribution in [0.25, 0.3) is 0 Å². The Bertz CT molecular complexity index is 292. The van der Waals surface area contributed by atoms with Crippen LogP contribution in [0, 0.1) is 0 Å². The van der Waals surface area contributed by atoms with Crippen LogP contribution >= 0.6 is 0 Å². The van der Waals surface area contributed by atoms with Gasteiger partial charge in [0.1, 0.15) is 0 Å². The molecule has 0 spiro atoms. The average molecular weight is 148 g/mol. The van der Waals surface area contributed by atoms with E-state index in [1.54, 1.807) is 0 Å². The van der Waals surface area contributed by atoms with Gasteiger partial charge in [-0.25, -0.2) is 0 Å². The van der Waals surface area contributed by atoms with E-state index >= 15 is 0 Å². The third-order valence-corrected chi connectivity index (χ3v) is 2.80. The van der Waals surface area contributed by atoms with E-state index in [9.17, 15) is 4.79 Å². The van der Waals surface area contributed by atoms with E-state index in [1.165, 1.54) is 16.7 Å². The number of Topliss-reactive ketones (excluding diaryl/α,β-unsaturated/α-hetero) is 1. The zero-order chi connectivity index (χ0) is 8.01. The van der Waals surface area contributed by atoms with Crippen molar-refractivity contribution in [1.82, 2.24) is 0 Å². The van der Waals surface area contributed by atoms with Crippen molar-refractivity contribution in [3.05, 3.63) is 22.3 Å². The standard InChI is InChI=1S/C10H12O/c1-6-7(2)10-8(6)4-3-5-9(10)11/h3-5H2,1-2H3. The molecule has 1 saturated carbocycles. The minimum absolute atomic E-state index is 0.370. The van der Waals surface area contributed by atoms with Crippen LogP contribution in [-0.4, -0.2) is 5.78 Å². The molecule has 1 heteroatoms. The Kier molecular flexibility index (Phi) is 1.28. The molecule has 0 heterocycles. The van der Waals surface area contributed by atoms with Crippen molar-refractivity contribution in [2.24, 2.45) is 0 Å². The number of carbonyl (C=O) groups excluding carboxylic acids is 1. The molecule has 0 N–H and O–H groups in total. The third-order valence-electron chi connectivity index (χ3n) is 2.80. The predicted octanol–water partition coefficient (Wildman–Crippen LogP) is 2.39. The number of fused-ring (bicyclic) bond motifs is 1. The Labute approximate surface area is 66.8 Å². The van der Waals surface area contributed by atoms with Crippen LogP contribution in [0.2, 0.25) is 0 Å². The average Bonchev–Trinajstić information content (AvgIpc) is 2.03. The fourth-order valence-electron chi connectivity index (χ4n) is 2.01. The van der Waals surface area contributed by atoms with Gasteiger partial charge in [0, 0.05) is 12.0 Å². The van der Waals surface area contributed by atoms with E-state index in [0.717, 1.165) is 24.8 Å². The lowest BCUT2D eigenvalue weighted by Crippen LogP contribution is -2.21. The summed E-state index contributed by atoms with van der Waals surface area (Å²) in [5.74, 6) is 0.370. The summed E-state index contributed by atoms with van der Waals surface area (Å²) in [6, 6.07) is 0. The molecule has 2 rings (SSSR count). The van der Waals surface area contributed by atoms with Gasteiger partial charge < -0.3 is 0 Å². The highest BCUT2D eigenvalue weighted by Gasteiger charge is 2.30. The van der Waals surface area contributed by atoms with Crippen molar-refractivity contribution in [3.8, 4) is 0 Å². The minimum Gasteiger partial charge on any atom is -0.294 e. The maximum Gasteiger partial charge on any atom is 0.163 e. The maximum absolute atomic E-state index is 11.3. The van der Waals surface area contributed by atoms with Crippen LogP contribution in [0.3, 0.4) is 0 Å². The molecule has 58 valence electrons. The fraction of sp³-hybridized carbons (Fsp3) is 0.500. The van der Waals surface area contributed by atoms with Gasteiger partial charge in [-0.2, -0.15) is 0 Å². The van der Waals surface area contributed by atoms with Gasteiger partial charge in [-0.1, -0.05) is 0 Å². The van der Waals surface area contributed by atoms with Crippen molar-refractivity contribution in [1.29, 1.82) is 0 Å². The first-order valence-electron chi connectivity index (χ1n) is 4.16. The molecular formula is C10H12O. The molecule has 0 bridgehead atoms. The van der Waals surface area contributed by atoms with E-state index < -0.39 is 0 Å². The molecule has 0 amide bonds. The van der Waals surface area contributed by atoms with Gasteiger partial charge in [0.05, 0.1) is 0 Å². The lowest BCUT2D eigenvalue weighted by Gasteiger charge is -2.30. The number of hydrogen-bond acceptors (Lipinski definition) is 1. The second kappa shape index (κ2) is 2.07. The van der Waals surface area contributed by atoms with Gasteiger partial charge in [-0.05, 0) is 43.4 Å². The smallest absolute Gasteiger partial charge is 0.163 e. The molecule has 0 unspecified atom stereocenters. The summed E-state index contributed by atoms with van der Waals surface area (Å²) in [4.78, 5) is 11.3. The Morgan fingerprint density at radius 1 is 1.09 bits per heavy atom. The summed E-state index contributed by atoms with van der Waals surface area (Å²) in [5, 5.41) is 0. The predicted molar refractivity (Wildman–Crippen MR) is 44.3 cm³/mol. The highest BCUT2D eigenvalue weighted by Crippen LogP contribution is 2.41. The highest BCUT2D eigenvalue weighted by molar-refractivity contribution is 6.05. The molecule has 1 nitrogen and oxygen atoms in total. The van der Waals surface area contributed by atoms with Gasteiger partial charge in [-0.15, -0.1) is 0 Å². The third kappa shape index (κ3) is 0.740. The molecule has 1 fully saturated rings. The van der Waals surface area contributed by atoms with Gasteiger partial charge in [0.15, 0.2) is 5.78 Å². The number of allylic oxidation sites excluding steroid dienone is 4. The summed E-state index contributed by atoms with van der Waals surface area (Å²) in [6.07, 6.45) is 2.95. The van der Waals surface area contributed by atoms with Gasteiger partial charge in [-0.3, -0.25) is 4.79 Å². The SMILES string of the molecule is CC1=C2CCCC(=O)C2=C1C. The summed E-state index contributed by atoms with van der Waals surface area (Å²) in [5.41, 5.74) is 5.02. The molecular weight excluding hydrogens is 136 g/mol. The van der Waals surface area contributed by atoms with Crippen molar-refractivity contribution in [2.75, 3.05) is 0 Å². The Balaban J connectivity index is 2.38. The fourth-order valence-corrected chi connectivity index (χ4v) is 2.01. The number of ketones is 1. The zero-order valence-corrected chi connectivity index (χ0v) is 7.03. The van der Waals surface area contributed by atoms with E-state index in [0.29, 0.717) is 5.78 Å². The molecule has 0 aromatic heterocycles. The topological polar surface area (TPSA) is 17.1 Å². The van der Waals surface area contributed by atoms with Gasteiger partial charge in [0.2, 0.25) is 0 Å². The molecule has 0 aromatic rings. The molecule has 0 atom stereocenters. The van der Waals surface area contributed by atoms with Crippen LogP contribution in [0.4, 0.5) is 0 Å². The van der Waals surface area contributed by atoms with Gasteiger partial charge >= 0.3 is 0 Å². The molecule has 11 heavy (non-hydrogen) atoms. The number of rotatable bonds is 0. The number of carbonyl (C=O) groups is 1. The molecule has 0 aliphatic heterocycles. The van der Waals surface area contributed by atoms with Crippen molar-refractivity contribution in [2.45, 2.75) is 33.1 Å². The van der Waals surface area contributed by atoms with Crippen LogP contribution in [0.5, 0.6) is 0 Å². The minimum atomic E-state index is 0.370. The second-order valence-electron chi connectivity index (χ2n) is 3.38. The first kappa shape index (κ1) is 6.84. The zero-order valence-electron chi connectivity index (χ0n) is 7.03. The Morgan fingerprint density at radius 3 is 2.45 bits per heavy atom. The molecule has 0 saturated heterocycles. The highest BCUT2D eigenvalue weighted by atomic mass is 16.1. The summed E-state index contributed by atoms with van der Waals surface area (Å²) < 4.78 is 0. The van der Waals surface area contributed by atoms with Crippen LogP contribution < -0.4 is 0 Å². The normalized spacial score (nSPS) is 23.6. The van der Waals surface area contributed by atoms with E-state index in [4.69, 9.17) is 0 Å². The molecule has 2 aliphatic carbocycles. The Hall–Kier alpha value is -0.850. The first-order chi connectivity index (χ1) is 5.22. The largest absolute Gasteiger partial charge is 0.294 e. The monoisotopic (exact) mass is 148 g/mol. The van der Waals surface area contributed by atoms with Crippen LogP contribution in [-0.2, 0) is 4.79 Å². The summed E-state index contributed by atoms with van der Waals surface area (Å²) in [7, 11) is 0. The van der Waals surface area contributed by atoms with E-state index in [2.05, 4.69) is 13.8 Å². The quantitative estimate of drug-likeness (QED) is 0.515. The number of hydrogen-bond donors (Lipinski definition) is 0. The van der Waals surface area contributed by atoms with E-state index in [1.807, 2.05) is 0 Å². The maximum atomic E-state index is 11.3.